The summed E-state index contributed by atoms with van der Waals surface area (Å²) < 4.78 is 9.34. The third kappa shape index (κ3) is 4.10. The molecule has 47 heavy (non-hydrogen) atoms. The van der Waals surface area contributed by atoms with Crippen LogP contribution in [0.1, 0.15) is 0 Å². The predicted molar refractivity (Wildman–Crippen MR) is 202 cm³/mol. The SMILES string of the molecule is c1ccc(N(c2ccc(-c3cccc4c3oc3c4ccc4sc5ccccc5c43)cc2)c2ccc3c(ccc4ccccc43)c2)cc1. The Hall–Kier alpha value is -5.90. The van der Waals surface area contributed by atoms with Crippen LogP contribution < -0.4 is 4.90 Å². The number of hydrogen-bond donors (Lipinski definition) is 0. The summed E-state index contributed by atoms with van der Waals surface area (Å²) in [6.45, 7) is 0. The number of fused-ring (bicyclic) bond motifs is 10. The van der Waals surface area contributed by atoms with E-state index in [0.717, 1.165) is 50.1 Å². The zero-order valence-electron chi connectivity index (χ0n) is 25.4. The fourth-order valence-electron chi connectivity index (χ4n) is 7.25. The number of hydrogen-bond acceptors (Lipinski definition) is 3. The molecule has 0 saturated heterocycles. The third-order valence-electron chi connectivity index (χ3n) is 9.44. The van der Waals surface area contributed by atoms with Crippen LogP contribution in [0.5, 0.6) is 0 Å². The first-order valence-corrected chi connectivity index (χ1v) is 16.7. The van der Waals surface area contributed by atoms with Crippen LogP contribution in [0.15, 0.2) is 168 Å². The summed E-state index contributed by atoms with van der Waals surface area (Å²) in [5.74, 6) is 0. The van der Waals surface area contributed by atoms with Gasteiger partial charge in [0, 0.05) is 53.6 Å². The van der Waals surface area contributed by atoms with Gasteiger partial charge in [-0.05, 0) is 81.7 Å². The van der Waals surface area contributed by atoms with Crippen LogP contribution >= 0.6 is 11.3 Å². The monoisotopic (exact) mass is 617 g/mol. The highest BCUT2D eigenvalue weighted by atomic mass is 32.1. The van der Waals surface area contributed by atoms with Crippen LogP contribution in [-0.2, 0) is 0 Å². The number of furan rings is 1. The Morgan fingerprint density at radius 3 is 1.96 bits per heavy atom. The van der Waals surface area contributed by atoms with Crippen LogP contribution in [0.2, 0.25) is 0 Å². The number of benzene rings is 8. The number of rotatable bonds is 4. The largest absolute Gasteiger partial charge is 0.455 e. The van der Waals surface area contributed by atoms with Crippen molar-refractivity contribution in [3.8, 4) is 11.1 Å². The third-order valence-corrected chi connectivity index (χ3v) is 10.6. The maximum Gasteiger partial charge on any atom is 0.144 e. The van der Waals surface area contributed by atoms with Gasteiger partial charge in [-0.2, -0.15) is 0 Å². The van der Waals surface area contributed by atoms with E-state index in [9.17, 15) is 0 Å². The fourth-order valence-corrected chi connectivity index (χ4v) is 8.35. The highest BCUT2D eigenvalue weighted by Crippen LogP contribution is 2.44. The number of thiophene rings is 1. The molecule has 220 valence electrons. The van der Waals surface area contributed by atoms with Gasteiger partial charge in [0.2, 0.25) is 0 Å². The average molecular weight is 618 g/mol. The summed E-state index contributed by atoms with van der Waals surface area (Å²) in [4.78, 5) is 2.33. The second kappa shape index (κ2) is 10.3. The van der Waals surface area contributed by atoms with Gasteiger partial charge in [-0.15, -0.1) is 11.3 Å². The van der Waals surface area contributed by atoms with Gasteiger partial charge in [-0.1, -0.05) is 109 Å². The zero-order chi connectivity index (χ0) is 30.9. The summed E-state index contributed by atoms with van der Waals surface area (Å²) in [6, 6.07) is 58.9. The van der Waals surface area contributed by atoms with Gasteiger partial charge in [0.05, 0.1) is 0 Å². The van der Waals surface area contributed by atoms with Gasteiger partial charge in [-0.3, -0.25) is 0 Å². The number of nitrogens with zero attached hydrogens (tertiary/aromatic N) is 1. The van der Waals surface area contributed by atoms with E-state index in [1.165, 1.54) is 41.7 Å². The smallest absolute Gasteiger partial charge is 0.144 e. The van der Waals surface area contributed by atoms with Crippen LogP contribution in [-0.4, -0.2) is 0 Å². The van der Waals surface area contributed by atoms with Gasteiger partial charge < -0.3 is 9.32 Å². The molecule has 0 atom stereocenters. The molecule has 0 unspecified atom stereocenters. The van der Waals surface area contributed by atoms with Crippen LogP contribution in [0.25, 0.3) is 74.8 Å². The molecule has 0 N–H and O–H groups in total. The zero-order valence-corrected chi connectivity index (χ0v) is 26.2. The molecule has 0 saturated carbocycles. The first-order chi connectivity index (χ1) is 23.3. The molecule has 10 aromatic rings. The van der Waals surface area contributed by atoms with Gasteiger partial charge in [0.25, 0.3) is 0 Å². The Bertz CT molecular complexity index is 2790. The summed E-state index contributed by atoms with van der Waals surface area (Å²) in [5, 5.41) is 9.80. The second-order valence-corrected chi connectivity index (χ2v) is 13.2. The molecule has 0 aliphatic heterocycles. The molecule has 2 aromatic heterocycles. The Labute approximate surface area is 275 Å². The molecule has 0 radical (unpaired) electrons. The van der Waals surface area contributed by atoms with Crippen molar-refractivity contribution in [1.29, 1.82) is 0 Å². The van der Waals surface area contributed by atoms with E-state index >= 15 is 0 Å². The van der Waals surface area contributed by atoms with Crippen molar-refractivity contribution in [2.45, 2.75) is 0 Å². The quantitative estimate of drug-likeness (QED) is 0.183. The minimum atomic E-state index is 0.930. The van der Waals surface area contributed by atoms with Crippen molar-refractivity contribution in [3.05, 3.63) is 164 Å². The molecule has 8 aromatic carbocycles. The normalized spacial score (nSPS) is 11.8. The van der Waals surface area contributed by atoms with E-state index in [0.29, 0.717) is 0 Å². The number of anilines is 3. The molecule has 3 heteroatoms. The molecular weight excluding hydrogens is 591 g/mol. The van der Waals surface area contributed by atoms with E-state index in [1.54, 1.807) is 0 Å². The van der Waals surface area contributed by atoms with Crippen molar-refractivity contribution in [2.75, 3.05) is 4.90 Å². The van der Waals surface area contributed by atoms with Gasteiger partial charge in [-0.25, -0.2) is 0 Å². The molecule has 2 nitrogen and oxygen atoms in total. The fraction of sp³-hybridized carbons (Fsp3) is 0. The van der Waals surface area contributed by atoms with Crippen LogP contribution in [0, 0.1) is 0 Å². The standard InChI is InChI=1S/C44H27NOS/c1-2-10-31(11-3-1)45(33-23-24-35-30(27-33)18-17-28-9-4-5-12-34(28)35)32-21-19-29(20-22-32)36-14-8-15-37-38-25-26-41-42(44(38)46-43(36)37)39-13-6-7-16-40(39)47-41/h1-27H. The van der Waals surface area contributed by atoms with Crippen molar-refractivity contribution < 1.29 is 4.42 Å². The summed E-state index contributed by atoms with van der Waals surface area (Å²) in [5.41, 5.74) is 7.47. The molecule has 0 amide bonds. The lowest BCUT2D eigenvalue weighted by Crippen LogP contribution is -2.09. The van der Waals surface area contributed by atoms with Crippen molar-refractivity contribution >= 4 is 92.1 Å². The molecule has 0 bridgehead atoms. The summed E-state index contributed by atoms with van der Waals surface area (Å²) in [7, 11) is 0. The second-order valence-electron chi connectivity index (χ2n) is 12.1. The Morgan fingerprint density at radius 1 is 0.404 bits per heavy atom. The molecular formula is C44H27NOS. The van der Waals surface area contributed by atoms with Crippen molar-refractivity contribution in [2.24, 2.45) is 0 Å². The Kier molecular flexibility index (Phi) is 5.78. The molecule has 0 fully saturated rings. The van der Waals surface area contributed by atoms with E-state index in [4.69, 9.17) is 4.42 Å². The minimum Gasteiger partial charge on any atom is -0.455 e. The summed E-state index contributed by atoms with van der Waals surface area (Å²) in [6.07, 6.45) is 0. The maximum atomic E-state index is 6.80. The molecule has 10 rings (SSSR count). The first kappa shape index (κ1) is 26.3. The summed E-state index contributed by atoms with van der Waals surface area (Å²) >= 11 is 1.82. The van der Waals surface area contributed by atoms with E-state index in [2.05, 4.69) is 169 Å². The van der Waals surface area contributed by atoms with Gasteiger partial charge in [0.1, 0.15) is 11.2 Å². The van der Waals surface area contributed by atoms with Crippen molar-refractivity contribution in [1.82, 2.24) is 0 Å². The van der Waals surface area contributed by atoms with E-state index in [-0.39, 0.29) is 0 Å². The lowest BCUT2D eigenvalue weighted by Gasteiger charge is -2.26. The van der Waals surface area contributed by atoms with Gasteiger partial charge in [0.15, 0.2) is 0 Å². The maximum absolute atomic E-state index is 6.80. The number of para-hydroxylation sites is 2. The lowest BCUT2D eigenvalue weighted by atomic mass is 10.0. The van der Waals surface area contributed by atoms with Crippen LogP contribution in [0.4, 0.5) is 17.1 Å². The molecule has 0 aliphatic rings. The Balaban J connectivity index is 1.10. The minimum absolute atomic E-state index is 0.930. The molecule has 0 spiro atoms. The Morgan fingerprint density at radius 2 is 1.06 bits per heavy atom. The lowest BCUT2D eigenvalue weighted by molar-refractivity contribution is 0.674. The van der Waals surface area contributed by atoms with Gasteiger partial charge >= 0.3 is 0 Å². The van der Waals surface area contributed by atoms with Crippen molar-refractivity contribution in [3.63, 3.8) is 0 Å². The van der Waals surface area contributed by atoms with E-state index in [1.807, 2.05) is 11.3 Å². The first-order valence-electron chi connectivity index (χ1n) is 15.9. The highest BCUT2D eigenvalue weighted by Gasteiger charge is 2.18. The van der Waals surface area contributed by atoms with Crippen LogP contribution in [0.3, 0.4) is 0 Å². The van der Waals surface area contributed by atoms with E-state index < -0.39 is 0 Å². The molecule has 2 heterocycles. The topological polar surface area (TPSA) is 16.4 Å². The predicted octanol–water partition coefficient (Wildman–Crippen LogP) is 13.4. The highest BCUT2D eigenvalue weighted by molar-refractivity contribution is 7.26. The average Bonchev–Trinajstić information content (AvgIpc) is 3.71. The molecule has 0 aliphatic carbocycles.